The normalized spacial score (nSPS) is 20.1. The smallest absolute Gasteiger partial charge is 0.253 e. The molecule has 9 heteroatoms. The van der Waals surface area contributed by atoms with Gasteiger partial charge in [0.2, 0.25) is 11.8 Å². The van der Waals surface area contributed by atoms with Crippen molar-refractivity contribution in [1.82, 2.24) is 9.62 Å². The average Bonchev–Trinajstić information content (AvgIpc) is 3.47. The van der Waals surface area contributed by atoms with E-state index in [9.17, 15) is 18.0 Å². The molecule has 2 amide bonds. The van der Waals surface area contributed by atoms with Crippen LogP contribution in [-0.4, -0.2) is 43.7 Å². The molecule has 1 aromatic heterocycles. The first-order valence-electron chi connectivity index (χ1n) is 10.1. The number of hydrogen-bond acceptors (Lipinski definition) is 5. The van der Waals surface area contributed by atoms with Crippen molar-refractivity contribution in [3.05, 3.63) is 46.8 Å². The first kappa shape index (κ1) is 21.0. The van der Waals surface area contributed by atoms with Crippen molar-refractivity contribution >= 4 is 38.9 Å². The maximum atomic E-state index is 13.0. The molecular formula is C21H25N3O4S2. The molecular weight excluding hydrogens is 422 g/mol. The van der Waals surface area contributed by atoms with E-state index in [4.69, 9.17) is 0 Å². The van der Waals surface area contributed by atoms with E-state index in [2.05, 4.69) is 5.32 Å². The number of sulfonamides is 1. The number of rotatable bonds is 6. The Balaban J connectivity index is 1.39. The number of nitrogens with zero attached hydrogens (tertiary/aromatic N) is 2. The summed E-state index contributed by atoms with van der Waals surface area (Å²) in [7, 11) is -3.66. The van der Waals surface area contributed by atoms with Crippen LogP contribution in [0.1, 0.15) is 36.1 Å². The molecule has 30 heavy (non-hydrogen) atoms. The lowest BCUT2D eigenvalue weighted by molar-refractivity contribution is -0.124. The summed E-state index contributed by atoms with van der Waals surface area (Å²) < 4.78 is 27.5. The second kappa shape index (κ2) is 8.49. The molecule has 1 aromatic carbocycles. The average molecular weight is 448 g/mol. The Morgan fingerprint density at radius 2 is 1.90 bits per heavy atom. The van der Waals surface area contributed by atoms with Gasteiger partial charge in [-0.25, -0.2) is 8.42 Å². The zero-order valence-electron chi connectivity index (χ0n) is 16.8. The van der Waals surface area contributed by atoms with Crippen molar-refractivity contribution in [1.29, 1.82) is 0 Å². The summed E-state index contributed by atoms with van der Waals surface area (Å²) in [5, 5.41) is 2.88. The van der Waals surface area contributed by atoms with E-state index in [1.165, 1.54) is 15.6 Å². The first-order valence-corrected chi connectivity index (χ1v) is 12.4. The van der Waals surface area contributed by atoms with Crippen molar-refractivity contribution in [3.63, 3.8) is 0 Å². The molecule has 0 spiro atoms. The molecule has 7 nitrogen and oxygen atoms in total. The standard InChI is InChI=1S/C21H25N3O4S2/c1-15-6-11-20(29-15)30(27,28)24-13-2-4-18(24)21(26)22-14-16-7-9-17(10-8-16)23-12-3-5-19(23)25/h6-11,18H,2-5,12-14H2,1H3,(H,22,26)/t18-/m1/s1. The fraction of sp³-hybridized carbons (Fsp3) is 0.429. The lowest BCUT2D eigenvalue weighted by atomic mass is 10.1. The van der Waals surface area contributed by atoms with Crippen LogP contribution in [0.3, 0.4) is 0 Å². The van der Waals surface area contributed by atoms with E-state index in [0.29, 0.717) is 32.4 Å². The Morgan fingerprint density at radius 3 is 2.53 bits per heavy atom. The number of carbonyl (C=O) groups excluding carboxylic acids is 2. The van der Waals surface area contributed by atoms with Crippen molar-refractivity contribution in [3.8, 4) is 0 Å². The molecule has 2 aliphatic heterocycles. The minimum absolute atomic E-state index is 0.138. The molecule has 2 aromatic rings. The third-order valence-corrected chi connectivity index (χ3v) is 8.95. The zero-order chi connectivity index (χ0) is 21.3. The van der Waals surface area contributed by atoms with Crippen LogP contribution < -0.4 is 10.2 Å². The Morgan fingerprint density at radius 1 is 1.13 bits per heavy atom. The van der Waals surface area contributed by atoms with Gasteiger partial charge in [0.15, 0.2) is 0 Å². The third-order valence-electron chi connectivity index (χ3n) is 5.57. The predicted molar refractivity (Wildman–Crippen MR) is 116 cm³/mol. The van der Waals surface area contributed by atoms with Gasteiger partial charge in [-0.3, -0.25) is 9.59 Å². The van der Waals surface area contributed by atoms with Crippen LogP contribution >= 0.6 is 11.3 Å². The van der Waals surface area contributed by atoms with E-state index in [1.54, 1.807) is 17.0 Å². The molecule has 0 unspecified atom stereocenters. The topological polar surface area (TPSA) is 86.8 Å². The summed E-state index contributed by atoms with van der Waals surface area (Å²) in [6.45, 7) is 3.28. The van der Waals surface area contributed by atoms with Gasteiger partial charge in [0, 0.05) is 36.6 Å². The molecule has 160 valence electrons. The highest BCUT2D eigenvalue weighted by atomic mass is 32.2. The minimum atomic E-state index is -3.66. The molecule has 0 radical (unpaired) electrons. The highest BCUT2D eigenvalue weighted by Gasteiger charge is 2.39. The van der Waals surface area contributed by atoms with Crippen molar-refractivity contribution in [2.45, 2.75) is 49.4 Å². The number of aryl methyl sites for hydroxylation is 1. The highest BCUT2D eigenvalue weighted by Crippen LogP contribution is 2.30. The minimum Gasteiger partial charge on any atom is -0.351 e. The third kappa shape index (κ3) is 4.14. The first-order chi connectivity index (χ1) is 14.4. The van der Waals surface area contributed by atoms with Crippen LogP contribution in [0.2, 0.25) is 0 Å². The quantitative estimate of drug-likeness (QED) is 0.738. The molecule has 4 rings (SSSR count). The molecule has 0 saturated carbocycles. The fourth-order valence-corrected chi connectivity index (χ4v) is 7.05. The van der Waals surface area contributed by atoms with Gasteiger partial charge in [-0.15, -0.1) is 11.3 Å². The Hall–Kier alpha value is -2.23. The predicted octanol–water partition coefficient (Wildman–Crippen LogP) is 2.65. The second-order valence-corrected chi connectivity index (χ2v) is 11.1. The van der Waals surface area contributed by atoms with Crippen LogP contribution in [0.4, 0.5) is 5.69 Å². The van der Waals surface area contributed by atoms with E-state index in [1.807, 2.05) is 31.2 Å². The van der Waals surface area contributed by atoms with E-state index in [0.717, 1.165) is 29.1 Å². The summed E-state index contributed by atoms with van der Waals surface area (Å²) in [4.78, 5) is 27.3. The number of anilines is 1. The van der Waals surface area contributed by atoms with Crippen LogP contribution in [0, 0.1) is 6.92 Å². The maximum absolute atomic E-state index is 13.0. The number of benzene rings is 1. The Labute approximate surface area is 180 Å². The van der Waals surface area contributed by atoms with Gasteiger partial charge in [-0.2, -0.15) is 4.31 Å². The fourth-order valence-electron chi connectivity index (χ4n) is 3.98. The van der Waals surface area contributed by atoms with E-state index >= 15 is 0 Å². The van der Waals surface area contributed by atoms with Gasteiger partial charge in [0.1, 0.15) is 10.3 Å². The summed E-state index contributed by atoms with van der Waals surface area (Å²) in [6, 6.07) is 10.3. The van der Waals surface area contributed by atoms with Crippen LogP contribution in [0.25, 0.3) is 0 Å². The Kier molecular flexibility index (Phi) is 5.95. The second-order valence-electron chi connectivity index (χ2n) is 7.67. The van der Waals surface area contributed by atoms with Gasteiger partial charge < -0.3 is 10.2 Å². The number of carbonyl (C=O) groups is 2. The van der Waals surface area contributed by atoms with Crippen molar-refractivity contribution in [2.24, 2.45) is 0 Å². The summed E-state index contributed by atoms with van der Waals surface area (Å²) >= 11 is 1.23. The molecule has 0 aliphatic carbocycles. The van der Waals surface area contributed by atoms with Gasteiger partial charge in [0.05, 0.1) is 0 Å². The van der Waals surface area contributed by atoms with Crippen LogP contribution in [0.5, 0.6) is 0 Å². The van der Waals surface area contributed by atoms with Crippen molar-refractivity contribution in [2.75, 3.05) is 18.0 Å². The molecule has 3 heterocycles. The van der Waals surface area contributed by atoms with Crippen molar-refractivity contribution < 1.29 is 18.0 Å². The number of amides is 2. The molecule has 1 N–H and O–H groups in total. The lowest BCUT2D eigenvalue weighted by Gasteiger charge is -2.22. The monoisotopic (exact) mass is 447 g/mol. The molecule has 1 atom stereocenters. The number of nitrogens with one attached hydrogen (secondary N) is 1. The largest absolute Gasteiger partial charge is 0.351 e. The molecule has 2 aliphatic rings. The van der Waals surface area contributed by atoms with E-state index in [-0.39, 0.29) is 16.0 Å². The molecule has 0 bridgehead atoms. The summed E-state index contributed by atoms with van der Waals surface area (Å²) in [5.74, 6) is -0.136. The SMILES string of the molecule is Cc1ccc(S(=O)(=O)N2CCC[C@@H]2C(=O)NCc2ccc(N3CCCC3=O)cc2)s1. The summed E-state index contributed by atoms with van der Waals surface area (Å²) in [6.07, 6.45) is 2.65. The van der Waals surface area contributed by atoms with Crippen LogP contribution in [-0.2, 0) is 26.2 Å². The summed E-state index contributed by atoms with van der Waals surface area (Å²) in [5.41, 5.74) is 1.77. The number of thiophene rings is 1. The number of hydrogen-bond donors (Lipinski definition) is 1. The van der Waals surface area contributed by atoms with Gasteiger partial charge in [-0.1, -0.05) is 12.1 Å². The highest BCUT2D eigenvalue weighted by molar-refractivity contribution is 7.91. The van der Waals surface area contributed by atoms with E-state index < -0.39 is 16.1 Å². The Bertz CT molecular complexity index is 1050. The van der Waals surface area contributed by atoms with Gasteiger partial charge in [-0.05, 0) is 56.0 Å². The molecule has 2 saturated heterocycles. The lowest BCUT2D eigenvalue weighted by Crippen LogP contribution is -2.45. The maximum Gasteiger partial charge on any atom is 0.253 e. The van der Waals surface area contributed by atoms with Gasteiger partial charge >= 0.3 is 0 Å². The van der Waals surface area contributed by atoms with Gasteiger partial charge in [0.25, 0.3) is 10.0 Å². The van der Waals surface area contributed by atoms with Crippen LogP contribution in [0.15, 0.2) is 40.6 Å². The zero-order valence-corrected chi connectivity index (χ0v) is 18.5. The molecule has 2 fully saturated rings.